The van der Waals surface area contributed by atoms with Crippen molar-refractivity contribution in [2.24, 2.45) is 4.99 Å². The van der Waals surface area contributed by atoms with Crippen LogP contribution in [-0.2, 0) is 15.2 Å². The van der Waals surface area contributed by atoms with Crippen molar-refractivity contribution in [2.45, 2.75) is 30.8 Å². The van der Waals surface area contributed by atoms with E-state index < -0.39 is 0 Å². The van der Waals surface area contributed by atoms with E-state index in [1.165, 1.54) is 6.07 Å². The third-order valence-corrected chi connectivity index (χ3v) is 5.74. The summed E-state index contributed by atoms with van der Waals surface area (Å²) in [5, 5.41) is 3.42. The molecule has 0 spiro atoms. The highest BCUT2D eigenvalue weighted by Gasteiger charge is 2.32. The van der Waals surface area contributed by atoms with E-state index >= 15 is 0 Å². The number of benzene rings is 1. The molecule has 0 amide bonds. The Kier molecular flexibility index (Phi) is 10.2. The molecule has 2 aliphatic rings. The quantitative estimate of drug-likeness (QED) is 0.277. The first-order chi connectivity index (χ1) is 12.8. The van der Waals surface area contributed by atoms with Crippen molar-refractivity contribution < 1.29 is 13.9 Å². The van der Waals surface area contributed by atoms with Gasteiger partial charge >= 0.3 is 0 Å². The molecule has 2 unspecified atom stereocenters. The Morgan fingerprint density at radius 1 is 1.30 bits per heavy atom. The lowest BCUT2D eigenvalue weighted by atomic mass is 10.1. The van der Waals surface area contributed by atoms with E-state index in [4.69, 9.17) is 9.47 Å². The molecule has 5 nitrogen and oxygen atoms in total. The highest BCUT2D eigenvalue weighted by Crippen LogP contribution is 2.21. The van der Waals surface area contributed by atoms with Gasteiger partial charge in [-0.1, -0.05) is 18.2 Å². The molecule has 2 atom stereocenters. The summed E-state index contributed by atoms with van der Waals surface area (Å²) in [6, 6.07) is 6.95. The van der Waals surface area contributed by atoms with Crippen LogP contribution in [0.4, 0.5) is 4.39 Å². The number of halogens is 2. The van der Waals surface area contributed by atoms with Gasteiger partial charge in [-0.25, -0.2) is 4.39 Å². The predicted octanol–water partition coefficient (Wildman–Crippen LogP) is 3.13. The van der Waals surface area contributed by atoms with Gasteiger partial charge in [-0.2, -0.15) is 11.8 Å². The van der Waals surface area contributed by atoms with E-state index in [0.29, 0.717) is 12.4 Å². The van der Waals surface area contributed by atoms with Crippen LogP contribution in [0.15, 0.2) is 29.3 Å². The molecule has 3 rings (SSSR count). The third-order valence-electron chi connectivity index (χ3n) is 4.73. The minimum absolute atomic E-state index is 0. The molecule has 1 aromatic carbocycles. The lowest BCUT2D eigenvalue weighted by Gasteiger charge is -2.37. The van der Waals surface area contributed by atoms with Crippen molar-refractivity contribution in [1.29, 1.82) is 0 Å². The van der Waals surface area contributed by atoms with Gasteiger partial charge < -0.3 is 19.7 Å². The number of nitrogens with zero attached hydrogens (tertiary/aromatic N) is 2. The maximum Gasteiger partial charge on any atom is 0.193 e. The molecule has 2 fully saturated rings. The number of ether oxygens (including phenoxy) is 2. The molecule has 1 aromatic rings. The number of hydrogen-bond acceptors (Lipinski definition) is 4. The summed E-state index contributed by atoms with van der Waals surface area (Å²) in [4.78, 5) is 6.66. The standard InChI is InChI=1S/C19H28FN3O2S.HI/c1-21-19(22-8-12-26-14-15-5-2-3-6-16(15)20)23-9-11-25-18(13-23)17-7-4-10-24-17;/h2-3,5-6,17-18H,4,7-14H2,1H3,(H,21,22);1H. The van der Waals surface area contributed by atoms with Crippen LogP contribution < -0.4 is 5.32 Å². The number of aliphatic imine (C=N–C) groups is 1. The zero-order chi connectivity index (χ0) is 18.2. The fourth-order valence-electron chi connectivity index (χ4n) is 3.35. The predicted molar refractivity (Wildman–Crippen MR) is 120 cm³/mol. The Bertz CT molecular complexity index is 602. The Balaban J connectivity index is 0.00000261. The largest absolute Gasteiger partial charge is 0.375 e. The summed E-state index contributed by atoms with van der Waals surface area (Å²) < 4.78 is 25.3. The number of guanidine groups is 1. The maximum absolute atomic E-state index is 13.6. The molecule has 2 heterocycles. The summed E-state index contributed by atoms with van der Waals surface area (Å²) in [5.74, 6) is 2.36. The van der Waals surface area contributed by atoms with Gasteiger partial charge in [-0.05, 0) is 24.5 Å². The van der Waals surface area contributed by atoms with Crippen LogP contribution in [0.25, 0.3) is 0 Å². The van der Waals surface area contributed by atoms with Crippen molar-refractivity contribution in [3.8, 4) is 0 Å². The Morgan fingerprint density at radius 2 is 2.11 bits per heavy atom. The van der Waals surface area contributed by atoms with Crippen LogP contribution in [-0.4, -0.2) is 68.7 Å². The van der Waals surface area contributed by atoms with Gasteiger partial charge in [0.05, 0.1) is 12.7 Å². The molecular weight excluding hydrogens is 480 g/mol. The molecule has 1 N–H and O–H groups in total. The van der Waals surface area contributed by atoms with Gasteiger partial charge in [-0.15, -0.1) is 24.0 Å². The van der Waals surface area contributed by atoms with Gasteiger partial charge in [0.25, 0.3) is 0 Å². The van der Waals surface area contributed by atoms with Crippen LogP contribution >= 0.6 is 35.7 Å². The summed E-state index contributed by atoms with van der Waals surface area (Å²) in [6.07, 6.45) is 2.54. The lowest BCUT2D eigenvalue weighted by molar-refractivity contribution is -0.0816. The topological polar surface area (TPSA) is 46.1 Å². The SMILES string of the molecule is CN=C(NCCSCc1ccccc1F)N1CCOC(C2CCCO2)C1.I. The summed E-state index contributed by atoms with van der Waals surface area (Å²) >= 11 is 1.72. The average Bonchev–Trinajstić information content (AvgIpc) is 3.21. The van der Waals surface area contributed by atoms with E-state index in [2.05, 4.69) is 15.2 Å². The highest BCUT2D eigenvalue weighted by atomic mass is 127. The minimum atomic E-state index is -0.128. The van der Waals surface area contributed by atoms with Crippen LogP contribution in [0.2, 0.25) is 0 Å². The third kappa shape index (κ3) is 6.76. The van der Waals surface area contributed by atoms with Crippen LogP contribution in [0, 0.1) is 5.82 Å². The van der Waals surface area contributed by atoms with Crippen molar-refractivity contribution in [3.63, 3.8) is 0 Å². The number of hydrogen-bond donors (Lipinski definition) is 1. The van der Waals surface area contributed by atoms with Gasteiger partial charge in [0, 0.05) is 44.8 Å². The van der Waals surface area contributed by atoms with E-state index in [-0.39, 0.29) is 42.0 Å². The van der Waals surface area contributed by atoms with Crippen molar-refractivity contribution >= 4 is 41.7 Å². The summed E-state index contributed by atoms with van der Waals surface area (Å²) in [6.45, 7) is 4.00. The Hall–Kier alpha value is -0.580. The molecule has 0 aliphatic carbocycles. The fraction of sp³-hybridized carbons (Fsp3) is 0.632. The van der Waals surface area contributed by atoms with Crippen molar-refractivity contribution in [1.82, 2.24) is 10.2 Å². The van der Waals surface area contributed by atoms with Gasteiger partial charge in [0.15, 0.2) is 5.96 Å². The Labute approximate surface area is 182 Å². The first kappa shape index (κ1) is 22.7. The molecule has 0 saturated carbocycles. The molecule has 0 radical (unpaired) electrons. The normalized spacial score (nSPS) is 23.2. The molecule has 2 saturated heterocycles. The first-order valence-corrected chi connectivity index (χ1v) is 10.4. The molecular formula is C19H29FIN3O2S. The van der Waals surface area contributed by atoms with E-state index in [0.717, 1.165) is 56.4 Å². The number of morpholine rings is 1. The lowest BCUT2D eigenvalue weighted by Crippen LogP contribution is -2.53. The first-order valence-electron chi connectivity index (χ1n) is 9.28. The van der Waals surface area contributed by atoms with Gasteiger partial charge in [0.1, 0.15) is 11.9 Å². The molecule has 152 valence electrons. The smallest absolute Gasteiger partial charge is 0.193 e. The molecule has 8 heteroatoms. The molecule has 0 aromatic heterocycles. The second-order valence-electron chi connectivity index (χ2n) is 6.52. The van der Waals surface area contributed by atoms with Crippen molar-refractivity contribution in [2.75, 3.05) is 45.6 Å². The zero-order valence-electron chi connectivity index (χ0n) is 15.7. The summed E-state index contributed by atoms with van der Waals surface area (Å²) in [7, 11) is 1.81. The monoisotopic (exact) mass is 509 g/mol. The number of thioether (sulfide) groups is 1. The fourth-order valence-corrected chi connectivity index (χ4v) is 4.20. The van der Waals surface area contributed by atoms with E-state index in [9.17, 15) is 4.39 Å². The number of rotatable bonds is 6. The Morgan fingerprint density at radius 3 is 2.85 bits per heavy atom. The minimum Gasteiger partial charge on any atom is -0.375 e. The van der Waals surface area contributed by atoms with E-state index in [1.807, 2.05) is 19.2 Å². The molecule has 2 aliphatic heterocycles. The second-order valence-corrected chi connectivity index (χ2v) is 7.63. The van der Waals surface area contributed by atoms with Crippen molar-refractivity contribution in [3.05, 3.63) is 35.6 Å². The van der Waals surface area contributed by atoms with Gasteiger partial charge in [-0.3, -0.25) is 4.99 Å². The average molecular weight is 509 g/mol. The van der Waals surface area contributed by atoms with Gasteiger partial charge in [0.2, 0.25) is 0 Å². The maximum atomic E-state index is 13.6. The van der Waals surface area contributed by atoms with E-state index in [1.54, 1.807) is 17.8 Å². The molecule has 0 bridgehead atoms. The zero-order valence-corrected chi connectivity index (χ0v) is 18.9. The number of nitrogens with one attached hydrogen (secondary N) is 1. The highest BCUT2D eigenvalue weighted by molar-refractivity contribution is 14.0. The van der Waals surface area contributed by atoms with Crippen LogP contribution in [0.3, 0.4) is 0 Å². The molecule has 27 heavy (non-hydrogen) atoms. The van der Waals surface area contributed by atoms with Crippen LogP contribution in [0.1, 0.15) is 18.4 Å². The second kappa shape index (κ2) is 12.1. The summed E-state index contributed by atoms with van der Waals surface area (Å²) in [5.41, 5.74) is 0.759. The van der Waals surface area contributed by atoms with Crippen LogP contribution in [0.5, 0.6) is 0 Å².